The molecule has 0 saturated heterocycles. The van der Waals surface area contributed by atoms with Gasteiger partial charge in [-0.2, -0.15) is 0 Å². The van der Waals surface area contributed by atoms with E-state index in [2.05, 4.69) is 16.0 Å². The zero-order valence-corrected chi connectivity index (χ0v) is 8.87. The number of ketones is 1. The van der Waals surface area contributed by atoms with E-state index >= 15 is 0 Å². The number of nitrogens with zero attached hydrogens (tertiary/aromatic N) is 1. The van der Waals surface area contributed by atoms with Gasteiger partial charge in [-0.15, -0.1) is 0 Å². The van der Waals surface area contributed by atoms with Gasteiger partial charge in [0.25, 0.3) is 0 Å². The first kappa shape index (κ1) is 10.7. The minimum atomic E-state index is 0.139. The van der Waals surface area contributed by atoms with Crippen molar-refractivity contribution in [1.29, 1.82) is 0 Å². The number of carbonyl (C=O) groups is 1. The van der Waals surface area contributed by atoms with Crippen LogP contribution in [-0.4, -0.2) is 15.8 Å². The van der Waals surface area contributed by atoms with Crippen LogP contribution in [0.1, 0.15) is 38.8 Å². The van der Waals surface area contributed by atoms with Crippen LogP contribution in [0.3, 0.4) is 0 Å². The molecule has 3 heteroatoms. The van der Waals surface area contributed by atoms with Gasteiger partial charge in [-0.25, -0.2) is 4.98 Å². The van der Waals surface area contributed by atoms with Crippen LogP contribution in [0.2, 0.25) is 0 Å². The van der Waals surface area contributed by atoms with Gasteiger partial charge in [-0.3, -0.25) is 4.79 Å². The predicted molar refractivity (Wildman–Crippen MR) is 56.1 cm³/mol. The first-order valence-electron chi connectivity index (χ1n) is 4.72. The number of carbonyl (C=O) groups excluding carboxylic acids is 1. The molecular weight excluding hydrogens is 176 g/mol. The number of rotatable bonds is 4. The summed E-state index contributed by atoms with van der Waals surface area (Å²) in [6.07, 6.45) is 6.04. The number of H-pyrrole nitrogens is 1. The molecule has 1 aromatic rings. The van der Waals surface area contributed by atoms with Crippen molar-refractivity contribution in [2.45, 2.75) is 33.1 Å². The molecule has 14 heavy (non-hydrogen) atoms. The van der Waals surface area contributed by atoms with Crippen molar-refractivity contribution >= 4 is 5.78 Å². The zero-order valence-electron chi connectivity index (χ0n) is 8.87. The Morgan fingerprint density at radius 2 is 2.29 bits per heavy atom. The maximum atomic E-state index is 11.1. The van der Waals surface area contributed by atoms with E-state index in [1.54, 1.807) is 19.4 Å². The number of aromatic nitrogens is 2. The summed E-state index contributed by atoms with van der Waals surface area (Å²) in [5.41, 5.74) is 2.22. The van der Waals surface area contributed by atoms with Gasteiger partial charge in [0.1, 0.15) is 5.78 Å². The summed E-state index contributed by atoms with van der Waals surface area (Å²) in [6.45, 7) is 5.68. The fourth-order valence-corrected chi connectivity index (χ4v) is 1.44. The minimum absolute atomic E-state index is 0.139. The highest BCUT2D eigenvalue weighted by Crippen LogP contribution is 2.20. The molecule has 0 bridgehead atoms. The van der Waals surface area contributed by atoms with Gasteiger partial charge in [0.05, 0.1) is 6.33 Å². The molecule has 0 aliphatic rings. The first-order chi connectivity index (χ1) is 6.59. The summed E-state index contributed by atoms with van der Waals surface area (Å²) in [6, 6.07) is 0. The molecule has 0 amide bonds. The van der Waals surface area contributed by atoms with Crippen LogP contribution in [0, 0.1) is 0 Å². The first-order valence-corrected chi connectivity index (χ1v) is 4.72. The van der Waals surface area contributed by atoms with E-state index in [9.17, 15) is 4.79 Å². The van der Waals surface area contributed by atoms with Crippen LogP contribution in [0.25, 0.3) is 0 Å². The molecule has 0 aliphatic carbocycles. The van der Waals surface area contributed by atoms with Crippen LogP contribution >= 0.6 is 0 Å². The molecule has 0 fully saturated rings. The standard InChI is InChI=1S/C11H16N2O/c1-8(2)4-10(5-9(3)14)11-6-12-7-13-11/h4,6-7,10H,5H2,1-3H3,(H,12,13)/t10-/m1/s1. The molecule has 1 N–H and O–H groups in total. The maximum absolute atomic E-state index is 11.1. The van der Waals surface area contributed by atoms with Gasteiger partial charge < -0.3 is 4.98 Å². The van der Waals surface area contributed by atoms with E-state index < -0.39 is 0 Å². The Hall–Kier alpha value is -1.38. The molecule has 0 unspecified atom stereocenters. The zero-order chi connectivity index (χ0) is 10.6. The highest BCUT2D eigenvalue weighted by Gasteiger charge is 2.12. The molecule has 1 heterocycles. The Balaban J connectivity index is 2.83. The highest BCUT2D eigenvalue weighted by atomic mass is 16.1. The quantitative estimate of drug-likeness (QED) is 0.745. The smallest absolute Gasteiger partial charge is 0.130 e. The van der Waals surface area contributed by atoms with E-state index in [1.165, 1.54) is 5.57 Å². The Morgan fingerprint density at radius 1 is 1.57 bits per heavy atom. The van der Waals surface area contributed by atoms with Crippen LogP contribution in [-0.2, 0) is 4.79 Å². The fraction of sp³-hybridized carbons (Fsp3) is 0.455. The summed E-state index contributed by atoms with van der Waals surface area (Å²) in [5.74, 6) is 0.335. The number of hydrogen-bond donors (Lipinski definition) is 1. The van der Waals surface area contributed by atoms with Crippen molar-refractivity contribution in [1.82, 2.24) is 9.97 Å². The van der Waals surface area contributed by atoms with Crippen molar-refractivity contribution < 1.29 is 4.79 Å². The lowest BCUT2D eigenvalue weighted by Crippen LogP contribution is -2.02. The predicted octanol–water partition coefficient (Wildman–Crippen LogP) is 2.44. The third kappa shape index (κ3) is 3.17. The highest BCUT2D eigenvalue weighted by molar-refractivity contribution is 5.76. The van der Waals surface area contributed by atoms with E-state index in [4.69, 9.17) is 0 Å². The molecule has 76 valence electrons. The number of nitrogens with one attached hydrogen (secondary N) is 1. The molecule has 3 nitrogen and oxygen atoms in total. The number of Topliss-reactive ketones (excluding diaryl/α,β-unsaturated/α-hetero) is 1. The van der Waals surface area contributed by atoms with Gasteiger partial charge in [-0.05, 0) is 20.8 Å². The number of imidazole rings is 1. The lowest BCUT2D eigenvalue weighted by Gasteiger charge is -2.08. The van der Waals surface area contributed by atoms with E-state index in [0.717, 1.165) is 5.69 Å². The average molecular weight is 192 g/mol. The second-order valence-corrected chi connectivity index (χ2v) is 3.76. The van der Waals surface area contributed by atoms with Gasteiger partial charge >= 0.3 is 0 Å². The van der Waals surface area contributed by atoms with Crippen molar-refractivity contribution in [3.05, 3.63) is 29.9 Å². The fourth-order valence-electron chi connectivity index (χ4n) is 1.44. The Morgan fingerprint density at radius 3 is 2.71 bits per heavy atom. The molecular formula is C11H16N2O. The van der Waals surface area contributed by atoms with Gasteiger partial charge in [0.15, 0.2) is 0 Å². The maximum Gasteiger partial charge on any atom is 0.130 e. The third-order valence-electron chi connectivity index (χ3n) is 1.96. The van der Waals surface area contributed by atoms with Crippen molar-refractivity contribution in [2.24, 2.45) is 0 Å². The van der Waals surface area contributed by atoms with Crippen molar-refractivity contribution in [3.8, 4) is 0 Å². The summed E-state index contributed by atoms with van der Waals surface area (Å²) in [7, 11) is 0. The second-order valence-electron chi connectivity index (χ2n) is 3.76. The molecule has 0 radical (unpaired) electrons. The topological polar surface area (TPSA) is 45.8 Å². The van der Waals surface area contributed by atoms with Crippen LogP contribution in [0.4, 0.5) is 0 Å². The number of allylic oxidation sites excluding steroid dienone is 2. The molecule has 1 rings (SSSR count). The van der Waals surface area contributed by atoms with E-state index in [1.807, 2.05) is 13.8 Å². The molecule has 0 aliphatic heterocycles. The second kappa shape index (κ2) is 4.74. The van der Waals surface area contributed by atoms with Crippen LogP contribution < -0.4 is 0 Å². The average Bonchev–Trinajstić information content (AvgIpc) is 2.52. The van der Waals surface area contributed by atoms with Crippen LogP contribution in [0.5, 0.6) is 0 Å². The van der Waals surface area contributed by atoms with Gasteiger partial charge in [-0.1, -0.05) is 11.6 Å². The minimum Gasteiger partial charge on any atom is -0.348 e. The Labute approximate surface area is 84.3 Å². The van der Waals surface area contributed by atoms with E-state index in [-0.39, 0.29) is 11.7 Å². The van der Waals surface area contributed by atoms with Crippen molar-refractivity contribution in [2.75, 3.05) is 0 Å². The summed E-state index contributed by atoms with van der Waals surface area (Å²) in [5, 5.41) is 0. The summed E-state index contributed by atoms with van der Waals surface area (Å²) < 4.78 is 0. The normalized spacial score (nSPS) is 12.2. The molecule has 1 aromatic heterocycles. The molecule has 0 spiro atoms. The lowest BCUT2D eigenvalue weighted by atomic mass is 9.97. The number of hydrogen-bond acceptors (Lipinski definition) is 2. The summed E-state index contributed by atoms with van der Waals surface area (Å²) >= 11 is 0. The largest absolute Gasteiger partial charge is 0.348 e. The molecule has 0 saturated carbocycles. The Kier molecular flexibility index (Phi) is 3.63. The molecule has 1 atom stereocenters. The van der Waals surface area contributed by atoms with Gasteiger partial charge in [0.2, 0.25) is 0 Å². The third-order valence-corrected chi connectivity index (χ3v) is 1.96. The monoisotopic (exact) mass is 192 g/mol. The molecule has 0 aromatic carbocycles. The van der Waals surface area contributed by atoms with Gasteiger partial charge in [0, 0.05) is 24.2 Å². The summed E-state index contributed by atoms with van der Waals surface area (Å²) in [4.78, 5) is 18.1. The van der Waals surface area contributed by atoms with Crippen molar-refractivity contribution in [3.63, 3.8) is 0 Å². The SMILES string of the molecule is CC(=O)C[C@@H](C=C(C)C)c1cnc[nH]1. The van der Waals surface area contributed by atoms with E-state index in [0.29, 0.717) is 6.42 Å². The van der Waals surface area contributed by atoms with Crippen LogP contribution in [0.15, 0.2) is 24.2 Å². The lowest BCUT2D eigenvalue weighted by molar-refractivity contribution is -0.117. The Bertz CT molecular complexity index is 321. The number of aromatic amines is 1.